The zero-order valence-corrected chi connectivity index (χ0v) is 14.3. The van der Waals surface area contributed by atoms with Crippen molar-refractivity contribution >= 4 is 5.91 Å². The average molecular weight is 331 g/mol. The van der Waals surface area contributed by atoms with Crippen LogP contribution in [0, 0.1) is 6.92 Å². The summed E-state index contributed by atoms with van der Waals surface area (Å²) in [5.74, 6) is 1.48. The Morgan fingerprint density at radius 2 is 2.12 bits per heavy atom. The first kappa shape index (κ1) is 15.8. The van der Waals surface area contributed by atoms with Crippen molar-refractivity contribution in [2.75, 3.05) is 13.1 Å². The number of hydrogen-bond acceptors (Lipinski definition) is 5. The Balaban J connectivity index is 1.36. The molecule has 1 aromatic heterocycles. The molecule has 1 aliphatic carbocycles. The first-order chi connectivity index (χ1) is 11.7. The SMILES string of the molecule is Cc1noc(C2CCC3(CCN(C(=O)C4=CCCCC4)CC3)O2)n1. The fourth-order valence-electron chi connectivity index (χ4n) is 4.15. The van der Waals surface area contributed by atoms with E-state index in [2.05, 4.69) is 16.2 Å². The lowest BCUT2D eigenvalue weighted by molar-refractivity contribution is -0.134. The van der Waals surface area contributed by atoms with Crippen LogP contribution in [-0.2, 0) is 9.53 Å². The molecule has 6 nitrogen and oxygen atoms in total. The van der Waals surface area contributed by atoms with E-state index in [0.717, 1.165) is 63.6 Å². The predicted molar refractivity (Wildman–Crippen MR) is 87.2 cm³/mol. The van der Waals surface area contributed by atoms with Gasteiger partial charge in [0, 0.05) is 18.7 Å². The highest BCUT2D eigenvalue weighted by atomic mass is 16.5. The van der Waals surface area contributed by atoms with E-state index in [9.17, 15) is 4.79 Å². The van der Waals surface area contributed by atoms with Crippen LogP contribution >= 0.6 is 0 Å². The molecule has 1 amide bonds. The van der Waals surface area contributed by atoms with E-state index in [1.807, 2.05) is 11.8 Å². The molecular weight excluding hydrogens is 306 g/mol. The van der Waals surface area contributed by atoms with Gasteiger partial charge in [-0.25, -0.2) is 0 Å². The molecule has 24 heavy (non-hydrogen) atoms. The molecule has 0 bridgehead atoms. The largest absolute Gasteiger partial charge is 0.362 e. The van der Waals surface area contributed by atoms with Crippen LogP contribution in [0.1, 0.15) is 69.2 Å². The van der Waals surface area contributed by atoms with Gasteiger partial charge in [0.05, 0.1) is 5.60 Å². The van der Waals surface area contributed by atoms with Crippen LogP contribution in [0.4, 0.5) is 0 Å². The number of piperidine rings is 1. The summed E-state index contributed by atoms with van der Waals surface area (Å²) in [6.45, 7) is 3.39. The summed E-state index contributed by atoms with van der Waals surface area (Å²) in [5.41, 5.74) is 0.897. The molecule has 2 aliphatic heterocycles. The highest BCUT2D eigenvalue weighted by Crippen LogP contribution is 2.44. The maximum Gasteiger partial charge on any atom is 0.255 e. The molecule has 4 rings (SSSR count). The van der Waals surface area contributed by atoms with Crippen molar-refractivity contribution in [2.24, 2.45) is 0 Å². The van der Waals surface area contributed by atoms with Crippen molar-refractivity contribution in [1.29, 1.82) is 0 Å². The quantitative estimate of drug-likeness (QED) is 0.833. The molecule has 2 fully saturated rings. The minimum atomic E-state index is -0.120. The Morgan fingerprint density at radius 3 is 2.79 bits per heavy atom. The molecule has 0 saturated carbocycles. The molecule has 2 saturated heterocycles. The molecule has 1 spiro atoms. The topological polar surface area (TPSA) is 68.5 Å². The van der Waals surface area contributed by atoms with Gasteiger partial charge in [0.2, 0.25) is 5.91 Å². The lowest BCUT2D eigenvalue weighted by atomic mass is 9.88. The van der Waals surface area contributed by atoms with Crippen LogP contribution in [-0.4, -0.2) is 39.6 Å². The van der Waals surface area contributed by atoms with Crippen LogP contribution in [0.15, 0.2) is 16.2 Å². The van der Waals surface area contributed by atoms with Gasteiger partial charge in [0.25, 0.3) is 5.89 Å². The molecule has 3 heterocycles. The Labute approximate surface area is 142 Å². The van der Waals surface area contributed by atoms with Gasteiger partial charge in [-0.15, -0.1) is 0 Å². The number of hydrogen-bond donors (Lipinski definition) is 0. The van der Waals surface area contributed by atoms with Crippen molar-refractivity contribution in [3.8, 4) is 0 Å². The number of nitrogens with zero attached hydrogens (tertiary/aromatic N) is 3. The Bertz CT molecular complexity index is 644. The molecule has 6 heteroatoms. The van der Waals surface area contributed by atoms with Gasteiger partial charge >= 0.3 is 0 Å². The summed E-state index contributed by atoms with van der Waals surface area (Å²) < 4.78 is 11.6. The predicted octanol–water partition coefficient (Wildman–Crippen LogP) is 3.09. The fraction of sp³-hybridized carbons (Fsp3) is 0.722. The van der Waals surface area contributed by atoms with E-state index in [1.54, 1.807) is 0 Å². The van der Waals surface area contributed by atoms with Gasteiger partial charge in [-0.2, -0.15) is 4.98 Å². The second-order valence-electron chi connectivity index (χ2n) is 7.28. The number of aryl methyl sites for hydroxylation is 1. The van der Waals surface area contributed by atoms with Crippen LogP contribution in [0.5, 0.6) is 0 Å². The molecule has 3 aliphatic rings. The molecule has 130 valence electrons. The fourth-order valence-corrected chi connectivity index (χ4v) is 4.15. The second kappa shape index (κ2) is 6.31. The average Bonchev–Trinajstić information content (AvgIpc) is 3.23. The zero-order valence-electron chi connectivity index (χ0n) is 14.3. The molecule has 0 N–H and O–H groups in total. The molecule has 1 aromatic rings. The lowest BCUT2D eigenvalue weighted by Crippen LogP contribution is -2.47. The number of carbonyl (C=O) groups excluding carboxylic acids is 1. The van der Waals surface area contributed by atoms with Gasteiger partial charge < -0.3 is 14.2 Å². The van der Waals surface area contributed by atoms with Gasteiger partial charge in [-0.05, 0) is 58.3 Å². The molecular formula is C18H25N3O3. The second-order valence-corrected chi connectivity index (χ2v) is 7.28. The van der Waals surface area contributed by atoms with Gasteiger partial charge in [0.15, 0.2) is 5.82 Å². The van der Waals surface area contributed by atoms with E-state index in [1.165, 1.54) is 6.42 Å². The summed E-state index contributed by atoms with van der Waals surface area (Å²) in [6.07, 6.45) is 10.1. The lowest BCUT2D eigenvalue weighted by Gasteiger charge is -2.39. The van der Waals surface area contributed by atoms with Crippen molar-refractivity contribution in [1.82, 2.24) is 15.0 Å². The number of aromatic nitrogens is 2. The van der Waals surface area contributed by atoms with Crippen LogP contribution in [0.2, 0.25) is 0 Å². The number of amides is 1. The highest BCUT2D eigenvalue weighted by molar-refractivity contribution is 5.93. The smallest absolute Gasteiger partial charge is 0.255 e. The van der Waals surface area contributed by atoms with E-state index in [0.29, 0.717) is 11.7 Å². The minimum absolute atomic E-state index is 0.0884. The van der Waals surface area contributed by atoms with Crippen LogP contribution < -0.4 is 0 Å². The van der Waals surface area contributed by atoms with Crippen molar-refractivity contribution in [3.63, 3.8) is 0 Å². The Hall–Kier alpha value is -1.69. The third kappa shape index (κ3) is 2.99. The summed E-state index contributed by atoms with van der Waals surface area (Å²) in [5, 5.41) is 3.86. The Morgan fingerprint density at radius 1 is 1.29 bits per heavy atom. The standard InChI is InChI=1S/C18H25N3O3/c1-13-19-16(24-20-13)15-7-8-18(23-15)9-11-21(12-10-18)17(22)14-5-3-2-4-6-14/h5,15H,2-4,6-12H2,1H3. The first-order valence-corrected chi connectivity index (χ1v) is 9.12. The van der Waals surface area contributed by atoms with E-state index >= 15 is 0 Å². The van der Waals surface area contributed by atoms with Crippen molar-refractivity contribution in [3.05, 3.63) is 23.4 Å². The van der Waals surface area contributed by atoms with Crippen LogP contribution in [0.25, 0.3) is 0 Å². The van der Waals surface area contributed by atoms with Gasteiger partial charge in [-0.3, -0.25) is 4.79 Å². The van der Waals surface area contributed by atoms with Crippen LogP contribution in [0.3, 0.4) is 0 Å². The first-order valence-electron chi connectivity index (χ1n) is 9.12. The summed E-state index contributed by atoms with van der Waals surface area (Å²) >= 11 is 0. The summed E-state index contributed by atoms with van der Waals surface area (Å²) in [6, 6.07) is 0. The number of likely N-dealkylation sites (tertiary alicyclic amines) is 1. The third-order valence-corrected chi connectivity index (χ3v) is 5.60. The van der Waals surface area contributed by atoms with E-state index < -0.39 is 0 Å². The third-order valence-electron chi connectivity index (χ3n) is 5.60. The zero-order chi connectivity index (χ0) is 16.6. The molecule has 0 radical (unpaired) electrons. The number of carbonyl (C=O) groups is 1. The Kier molecular flexibility index (Phi) is 4.16. The molecule has 0 aromatic carbocycles. The minimum Gasteiger partial charge on any atom is -0.362 e. The maximum absolute atomic E-state index is 12.6. The van der Waals surface area contributed by atoms with E-state index in [-0.39, 0.29) is 17.6 Å². The van der Waals surface area contributed by atoms with Crippen molar-refractivity contribution in [2.45, 2.75) is 70.0 Å². The molecule has 1 atom stereocenters. The van der Waals surface area contributed by atoms with Crippen molar-refractivity contribution < 1.29 is 14.1 Å². The number of allylic oxidation sites excluding steroid dienone is 1. The highest BCUT2D eigenvalue weighted by Gasteiger charge is 2.45. The maximum atomic E-state index is 12.6. The number of rotatable bonds is 2. The molecule has 1 unspecified atom stereocenters. The van der Waals surface area contributed by atoms with Gasteiger partial charge in [0.1, 0.15) is 6.10 Å². The van der Waals surface area contributed by atoms with Gasteiger partial charge in [-0.1, -0.05) is 11.2 Å². The number of ether oxygens (including phenoxy) is 1. The summed E-state index contributed by atoms with van der Waals surface area (Å²) in [7, 11) is 0. The summed E-state index contributed by atoms with van der Waals surface area (Å²) in [4.78, 5) is 18.9. The van der Waals surface area contributed by atoms with E-state index in [4.69, 9.17) is 9.26 Å². The monoisotopic (exact) mass is 331 g/mol. The normalized spacial score (nSPS) is 26.6.